The fourth-order valence-corrected chi connectivity index (χ4v) is 1.61. The Kier molecular flexibility index (Phi) is 4.84. The van der Waals surface area contributed by atoms with E-state index in [9.17, 15) is 4.79 Å². The third-order valence-electron chi connectivity index (χ3n) is 2.47. The van der Waals surface area contributed by atoms with Gasteiger partial charge in [0.2, 0.25) is 0 Å². The average molecular weight is 207 g/mol. The normalized spacial score (nSPS) is 20.5. The van der Waals surface area contributed by atoms with Crippen LogP contribution in [0, 0.1) is 0 Å². The van der Waals surface area contributed by atoms with Crippen molar-refractivity contribution in [2.75, 3.05) is 13.6 Å². The zero-order valence-electron chi connectivity index (χ0n) is 8.97. The second kappa shape index (κ2) is 6.19. The van der Waals surface area contributed by atoms with Crippen molar-refractivity contribution in [3.63, 3.8) is 0 Å². The second-order valence-corrected chi connectivity index (χ2v) is 3.63. The molecule has 1 aromatic carbocycles. The van der Waals surface area contributed by atoms with Crippen LogP contribution in [0.4, 0.5) is 0 Å². The van der Waals surface area contributed by atoms with Crippen molar-refractivity contribution in [2.45, 2.75) is 18.9 Å². The lowest BCUT2D eigenvalue weighted by Crippen LogP contribution is -2.32. The lowest BCUT2D eigenvalue weighted by atomic mass is 10.2. The molecule has 0 radical (unpaired) electrons. The highest BCUT2D eigenvalue weighted by Gasteiger charge is 2.26. The van der Waals surface area contributed by atoms with Crippen molar-refractivity contribution >= 4 is 5.97 Å². The molecule has 0 aromatic heterocycles. The summed E-state index contributed by atoms with van der Waals surface area (Å²) in [6, 6.07) is 11.8. The van der Waals surface area contributed by atoms with Crippen molar-refractivity contribution in [2.24, 2.45) is 0 Å². The minimum Gasteiger partial charge on any atom is -0.480 e. The third-order valence-corrected chi connectivity index (χ3v) is 2.47. The van der Waals surface area contributed by atoms with Crippen molar-refractivity contribution in [1.29, 1.82) is 0 Å². The van der Waals surface area contributed by atoms with Crippen LogP contribution in [0.1, 0.15) is 12.8 Å². The van der Waals surface area contributed by atoms with Crippen LogP contribution in [0.5, 0.6) is 0 Å². The summed E-state index contributed by atoms with van der Waals surface area (Å²) in [6.07, 6.45) is 1.83. The fourth-order valence-electron chi connectivity index (χ4n) is 1.61. The maximum Gasteiger partial charge on any atom is 0.320 e. The smallest absolute Gasteiger partial charge is 0.320 e. The Labute approximate surface area is 90.3 Å². The number of rotatable bonds is 1. The molecule has 1 saturated heterocycles. The molecule has 0 amide bonds. The molecule has 2 rings (SSSR count). The molecule has 1 aliphatic heterocycles. The van der Waals surface area contributed by atoms with E-state index >= 15 is 0 Å². The van der Waals surface area contributed by atoms with Crippen LogP contribution in [0.15, 0.2) is 36.4 Å². The number of carbonyl (C=O) groups is 1. The summed E-state index contributed by atoms with van der Waals surface area (Å²) < 4.78 is 0. The van der Waals surface area contributed by atoms with Crippen molar-refractivity contribution < 1.29 is 9.90 Å². The van der Waals surface area contributed by atoms with Gasteiger partial charge in [0.25, 0.3) is 0 Å². The topological polar surface area (TPSA) is 40.5 Å². The summed E-state index contributed by atoms with van der Waals surface area (Å²) in [5.41, 5.74) is 0. The summed E-state index contributed by atoms with van der Waals surface area (Å²) in [6.45, 7) is 0.928. The SMILES string of the molecule is CN1CCC[C@H]1C(=O)O.c1ccccc1. The molecular formula is C12H17NO2. The van der Waals surface area contributed by atoms with E-state index in [1.54, 1.807) is 0 Å². The van der Waals surface area contributed by atoms with Crippen LogP contribution in [0.3, 0.4) is 0 Å². The molecule has 0 unspecified atom stereocenters. The maximum absolute atomic E-state index is 10.4. The summed E-state index contributed by atoms with van der Waals surface area (Å²) >= 11 is 0. The van der Waals surface area contributed by atoms with E-state index in [2.05, 4.69) is 0 Å². The van der Waals surface area contributed by atoms with E-state index in [0.717, 1.165) is 19.4 Å². The van der Waals surface area contributed by atoms with Crippen molar-refractivity contribution in [3.8, 4) is 0 Å². The largest absolute Gasteiger partial charge is 0.480 e. The number of aliphatic carboxylic acids is 1. The molecule has 3 nitrogen and oxygen atoms in total. The Morgan fingerprint density at radius 3 is 1.87 bits per heavy atom. The quantitative estimate of drug-likeness (QED) is 0.764. The molecule has 1 aromatic rings. The van der Waals surface area contributed by atoms with Crippen LogP contribution in [-0.4, -0.2) is 35.6 Å². The van der Waals surface area contributed by atoms with E-state index in [1.165, 1.54) is 0 Å². The first-order valence-corrected chi connectivity index (χ1v) is 5.15. The number of carboxylic acids is 1. The van der Waals surface area contributed by atoms with Crippen LogP contribution in [0.2, 0.25) is 0 Å². The van der Waals surface area contributed by atoms with Crippen molar-refractivity contribution in [3.05, 3.63) is 36.4 Å². The zero-order chi connectivity index (χ0) is 11.1. The van der Waals surface area contributed by atoms with Crippen LogP contribution in [-0.2, 0) is 4.79 Å². The number of likely N-dealkylation sites (tertiary alicyclic amines) is 1. The number of hydrogen-bond acceptors (Lipinski definition) is 2. The van der Waals surface area contributed by atoms with Gasteiger partial charge >= 0.3 is 5.97 Å². The molecule has 0 spiro atoms. The molecule has 0 aliphatic carbocycles. The molecule has 15 heavy (non-hydrogen) atoms. The lowest BCUT2D eigenvalue weighted by molar-refractivity contribution is -0.141. The predicted molar refractivity (Wildman–Crippen MR) is 59.7 cm³/mol. The van der Waals surface area contributed by atoms with Gasteiger partial charge < -0.3 is 5.11 Å². The van der Waals surface area contributed by atoms with Crippen LogP contribution >= 0.6 is 0 Å². The van der Waals surface area contributed by atoms with Gasteiger partial charge in [0.05, 0.1) is 0 Å². The van der Waals surface area contributed by atoms with E-state index in [0.29, 0.717) is 0 Å². The fraction of sp³-hybridized carbons (Fsp3) is 0.417. The van der Waals surface area contributed by atoms with Gasteiger partial charge in [-0.1, -0.05) is 36.4 Å². The summed E-state index contributed by atoms with van der Waals surface area (Å²) in [4.78, 5) is 12.2. The maximum atomic E-state index is 10.4. The van der Waals surface area contributed by atoms with Gasteiger partial charge in [0.15, 0.2) is 0 Å². The van der Waals surface area contributed by atoms with E-state index in [4.69, 9.17) is 5.11 Å². The van der Waals surface area contributed by atoms with Crippen LogP contribution < -0.4 is 0 Å². The molecule has 1 atom stereocenters. The van der Waals surface area contributed by atoms with E-state index < -0.39 is 5.97 Å². The highest BCUT2D eigenvalue weighted by atomic mass is 16.4. The molecule has 1 aliphatic rings. The van der Waals surface area contributed by atoms with Crippen LogP contribution in [0.25, 0.3) is 0 Å². The number of likely N-dealkylation sites (N-methyl/N-ethyl adjacent to an activating group) is 1. The Morgan fingerprint density at radius 2 is 1.67 bits per heavy atom. The minimum atomic E-state index is -0.685. The highest BCUT2D eigenvalue weighted by Crippen LogP contribution is 2.13. The van der Waals surface area contributed by atoms with Gasteiger partial charge in [0, 0.05) is 0 Å². The van der Waals surface area contributed by atoms with Gasteiger partial charge in [-0.15, -0.1) is 0 Å². The summed E-state index contributed by atoms with van der Waals surface area (Å²) in [5, 5.41) is 8.54. The first-order valence-electron chi connectivity index (χ1n) is 5.15. The molecule has 1 heterocycles. The molecule has 82 valence electrons. The van der Waals surface area contributed by atoms with E-state index in [-0.39, 0.29) is 6.04 Å². The van der Waals surface area contributed by atoms with Gasteiger partial charge in [-0.2, -0.15) is 0 Å². The Bertz CT molecular complexity index is 260. The molecule has 3 heteroatoms. The Hall–Kier alpha value is -1.35. The molecule has 1 N–H and O–H groups in total. The average Bonchev–Trinajstić information content (AvgIpc) is 2.68. The first-order chi connectivity index (χ1) is 7.22. The summed E-state index contributed by atoms with van der Waals surface area (Å²) in [7, 11) is 1.85. The minimum absolute atomic E-state index is 0.218. The third kappa shape index (κ3) is 4.13. The highest BCUT2D eigenvalue weighted by molar-refractivity contribution is 5.73. The monoisotopic (exact) mass is 207 g/mol. The predicted octanol–water partition coefficient (Wildman–Crippen LogP) is 1.85. The summed E-state index contributed by atoms with van der Waals surface area (Å²) in [5.74, 6) is -0.685. The number of carboxylic acid groups (broad SMARTS) is 1. The van der Waals surface area contributed by atoms with Gasteiger partial charge in [-0.3, -0.25) is 9.69 Å². The van der Waals surface area contributed by atoms with Crippen molar-refractivity contribution in [1.82, 2.24) is 4.90 Å². The number of hydrogen-bond donors (Lipinski definition) is 1. The van der Waals surface area contributed by atoms with E-state index in [1.807, 2.05) is 48.3 Å². The molecule has 0 bridgehead atoms. The zero-order valence-corrected chi connectivity index (χ0v) is 8.97. The Morgan fingerprint density at radius 1 is 1.20 bits per heavy atom. The van der Waals surface area contributed by atoms with Gasteiger partial charge in [0.1, 0.15) is 6.04 Å². The van der Waals surface area contributed by atoms with Gasteiger partial charge in [-0.05, 0) is 26.4 Å². The standard InChI is InChI=1S/C6H11NO2.C6H6/c1-7-4-2-3-5(7)6(8)9;1-2-4-6-5-3-1/h5H,2-4H2,1H3,(H,8,9);1-6H/t5-;/m0./s1. The number of nitrogens with zero attached hydrogens (tertiary/aromatic N) is 1. The molecule has 1 fully saturated rings. The Balaban J connectivity index is 0.000000162. The van der Waals surface area contributed by atoms with Gasteiger partial charge in [-0.25, -0.2) is 0 Å². The first kappa shape index (κ1) is 11.7. The number of benzene rings is 1. The second-order valence-electron chi connectivity index (χ2n) is 3.63. The molecule has 0 saturated carbocycles. The lowest BCUT2D eigenvalue weighted by Gasteiger charge is -2.13. The molecular weight excluding hydrogens is 190 g/mol.